The van der Waals surface area contributed by atoms with Crippen molar-refractivity contribution in [2.45, 2.75) is 44.2 Å². The summed E-state index contributed by atoms with van der Waals surface area (Å²) in [4.78, 5) is 17.7. The first kappa shape index (κ1) is 16.0. The van der Waals surface area contributed by atoms with Crippen LogP contribution in [0.4, 0.5) is 0 Å². The first-order valence-corrected chi connectivity index (χ1v) is 9.02. The Hall–Kier alpha value is -0.910. The first-order chi connectivity index (χ1) is 10.5. The van der Waals surface area contributed by atoms with E-state index in [1.807, 2.05) is 23.3 Å². The molecule has 122 valence electrons. The van der Waals surface area contributed by atoms with E-state index in [2.05, 4.69) is 19.0 Å². The largest absolute Gasteiger partial charge is 0.375 e. The zero-order valence-electron chi connectivity index (χ0n) is 13.8. The molecule has 3 heterocycles. The summed E-state index contributed by atoms with van der Waals surface area (Å²) in [5.74, 6) is 0.188. The summed E-state index contributed by atoms with van der Waals surface area (Å²) >= 11 is 1.55. The van der Waals surface area contributed by atoms with Gasteiger partial charge < -0.3 is 14.5 Å². The van der Waals surface area contributed by atoms with E-state index in [0.29, 0.717) is 6.04 Å². The third-order valence-electron chi connectivity index (χ3n) is 5.10. The molecule has 1 spiro atoms. The first-order valence-electron chi connectivity index (χ1n) is 8.14. The minimum absolute atomic E-state index is 0.00463. The number of hydrogen-bond acceptors (Lipinski definition) is 4. The van der Waals surface area contributed by atoms with Crippen molar-refractivity contribution >= 4 is 17.2 Å². The van der Waals surface area contributed by atoms with Crippen molar-refractivity contribution in [3.63, 3.8) is 0 Å². The summed E-state index contributed by atoms with van der Waals surface area (Å²) in [7, 11) is 4.31. The molecule has 0 radical (unpaired) electrons. The predicted molar refractivity (Wildman–Crippen MR) is 89.6 cm³/mol. The molecule has 5 heteroatoms. The van der Waals surface area contributed by atoms with Crippen LogP contribution in [0, 0.1) is 6.92 Å². The lowest BCUT2D eigenvalue weighted by molar-refractivity contribution is -0.125. The normalized spacial score (nSPS) is 24.9. The highest BCUT2D eigenvalue weighted by molar-refractivity contribution is 7.12. The third-order valence-corrected chi connectivity index (χ3v) is 6.14. The molecule has 0 bridgehead atoms. The number of amides is 1. The van der Waals surface area contributed by atoms with E-state index in [1.54, 1.807) is 11.3 Å². The van der Waals surface area contributed by atoms with Crippen LogP contribution in [0.3, 0.4) is 0 Å². The highest BCUT2D eigenvalue weighted by atomic mass is 32.1. The van der Waals surface area contributed by atoms with Gasteiger partial charge in [0, 0.05) is 25.7 Å². The van der Waals surface area contributed by atoms with Gasteiger partial charge in [-0.15, -0.1) is 11.3 Å². The van der Waals surface area contributed by atoms with Gasteiger partial charge in [0.1, 0.15) is 0 Å². The van der Waals surface area contributed by atoms with Crippen LogP contribution in [0.2, 0.25) is 0 Å². The number of carbonyl (C=O) groups is 1. The van der Waals surface area contributed by atoms with Crippen molar-refractivity contribution in [2.24, 2.45) is 0 Å². The number of aryl methyl sites for hydroxylation is 1. The minimum Gasteiger partial charge on any atom is -0.375 e. The van der Waals surface area contributed by atoms with Gasteiger partial charge in [-0.2, -0.15) is 0 Å². The molecule has 0 aliphatic carbocycles. The Kier molecular flexibility index (Phi) is 4.57. The molecule has 1 unspecified atom stereocenters. The Bertz CT molecular complexity index is 533. The van der Waals surface area contributed by atoms with Gasteiger partial charge in [-0.1, -0.05) is 0 Å². The lowest BCUT2D eigenvalue weighted by Crippen LogP contribution is -2.53. The monoisotopic (exact) mass is 322 g/mol. The zero-order chi connectivity index (χ0) is 15.7. The Morgan fingerprint density at radius 2 is 2.14 bits per heavy atom. The van der Waals surface area contributed by atoms with Crippen LogP contribution in [0.5, 0.6) is 0 Å². The lowest BCUT2D eigenvalue weighted by atomic mass is 9.82. The molecule has 1 amide bonds. The molecule has 22 heavy (non-hydrogen) atoms. The number of ether oxygens (including phenoxy) is 1. The number of thiophene rings is 1. The fourth-order valence-electron chi connectivity index (χ4n) is 3.61. The average Bonchev–Trinajstić information content (AvgIpc) is 2.94. The van der Waals surface area contributed by atoms with Gasteiger partial charge in [0.25, 0.3) is 5.91 Å². The molecule has 1 atom stereocenters. The maximum absolute atomic E-state index is 12.5. The van der Waals surface area contributed by atoms with Gasteiger partial charge in [-0.05, 0) is 63.7 Å². The van der Waals surface area contributed by atoms with E-state index in [4.69, 9.17) is 4.74 Å². The summed E-state index contributed by atoms with van der Waals surface area (Å²) in [6, 6.07) is 2.60. The van der Waals surface area contributed by atoms with Crippen LogP contribution < -0.4 is 0 Å². The van der Waals surface area contributed by atoms with Crippen LogP contribution >= 0.6 is 11.3 Å². The van der Waals surface area contributed by atoms with Crippen molar-refractivity contribution < 1.29 is 9.53 Å². The smallest absolute Gasteiger partial charge is 0.263 e. The fourth-order valence-corrected chi connectivity index (χ4v) is 4.47. The number of nitrogens with zero attached hydrogens (tertiary/aromatic N) is 2. The molecule has 1 aromatic heterocycles. The molecule has 4 nitrogen and oxygen atoms in total. The highest BCUT2D eigenvalue weighted by Gasteiger charge is 2.41. The molecule has 3 rings (SSSR count). The second-order valence-electron chi connectivity index (χ2n) is 6.92. The molecule has 1 aromatic rings. The summed E-state index contributed by atoms with van der Waals surface area (Å²) < 4.78 is 6.16. The molecule has 2 aliphatic heterocycles. The maximum Gasteiger partial charge on any atom is 0.263 e. The van der Waals surface area contributed by atoms with Gasteiger partial charge >= 0.3 is 0 Å². The van der Waals surface area contributed by atoms with Gasteiger partial charge in [-0.25, -0.2) is 0 Å². The highest BCUT2D eigenvalue weighted by Crippen LogP contribution is 2.36. The molecular weight excluding hydrogens is 296 g/mol. The van der Waals surface area contributed by atoms with E-state index in [1.165, 1.54) is 5.56 Å². The Labute approximate surface area is 137 Å². The van der Waals surface area contributed by atoms with E-state index < -0.39 is 0 Å². The van der Waals surface area contributed by atoms with Gasteiger partial charge in [-0.3, -0.25) is 4.79 Å². The van der Waals surface area contributed by atoms with Gasteiger partial charge in [0.05, 0.1) is 10.5 Å². The molecule has 2 fully saturated rings. The maximum atomic E-state index is 12.5. The predicted octanol–water partition coefficient (Wildman–Crippen LogP) is 2.77. The van der Waals surface area contributed by atoms with E-state index in [0.717, 1.165) is 50.3 Å². The average molecular weight is 322 g/mol. The Morgan fingerprint density at radius 1 is 1.41 bits per heavy atom. The standard InChI is InChI=1S/C17H26N2O2S/c1-13-10-15(22-12-13)16(20)19-7-5-17(6-8-19)11-14(18(2)3)4-9-21-17/h10,12,14H,4-9,11H2,1-3H3. The summed E-state index contributed by atoms with van der Waals surface area (Å²) in [6.45, 7) is 4.52. The number of carbonyl (C=O) groups excluding carboxylic acids is 1. The lowest BCUT2D eigenvalue weighted by Gasteiger charge is -2.47. The molecule has 0 N–H and O–H groups in total. The van der Waals surface area contributed by atoms with Gasteiger partial charge in [0.15, 0.2) is 0 Å². The second kappa shape index (κ2) is 6.30. The summed E-state index contributed by atoms with van der Waals surface area (Å²) in [5.41, 5.74) is 1.17. The van der Waals surface area contributed by atoms with E-state index in [-0.39, 0.29) is 11.5 Å². The van der Waals surface area contributed by atoms with Crippen LogP contribution in [-0.2, 0) is 4.74 Å². The Morgan fingerprint density at radius 3 is 2.73 bits per heavy atom. The van der Waals surface area contributed by atoms with E-state index in [9.17, 15) is 4.79 Å². The molecule has 2 saturated heterocycles. The van der Waals surface area contributed by atoms with Crippen LogP contribution in [0.25, 0.3) is 0 Å². The van der Waals surface area contributed by atoms with E-state index >= 15 is 0 Å². The molecule has 0 saturated carbocycles. The van der Waals surface area contributed by atoms with Crippen molar-refractivity contribution in [1.29, 1.82) is 0 Å². The summed E-state index contributed by atoms with van der Waals surface area (Å²) in [6.07, 6.45) is 4.15. The van der Waals surface area contributed by atoms with Crippen LogP contribution in [0.15, 0.2) is 11.4 Å². The molecule has 0 aromatic carbocycles. The number of piperidine rings is 1. The van der Waals surface area contributed by atoms with Gasteiger partial charge in [0.2, 0.25) is 0 Å². The zero-order valence-corrected chi connectivity index (χ0v) is 14.6. The SMILES string of the molecule is Cc1csc(C(=O)N2CCC3(CC2)CC(N(C)C)CCO3)c1. The van der Waals surface area contributed by atoms with Crippen molar-refractivity contribution in [2.75, 3.05) is 33.8 Å². The van der Waals surface area contributed by atoms with Crippen LogP contribution in [-0.4, -0.2) is 61.1 Å². The molecule has 2 aliphatic rings. The molecular formula is C17H26N2O2S. The minimum atomic E-state index is -0.00463. The Balaban J connectivity index is 1.61. The van der Waals surface area contributed by atoms with Crippen molar-refractivity contribution in [3.05, 3.63) is 21.9 Å². The third kappa shape index (κ3) is 3.21. The van der Waals surface area contributed by atoms with Crippen molar-refractivity contribution in [1.82, 2.24) is 9.80 Å². The fraction of sp³-hybridized carbons (Fsp3) is 0.706. The number of hydrogen-bond donors (Lipinski definition) is 0. The van der Waals surface area contributed by atoms with Crippen molar-refractivity contribution in [3.8, 4) is 0 Å². The van der Waals surface area contributed by atoms with Crippen LogP contribution in [0.1, 0.15) is 40.9 Å². The summed E-state index contributed by atoms with van der Waals surface area (Å²) in [5, 5.41) is 2.05. The topological polar surface area (TPSA) is 32.8 Å². The quantitative estimate of drug-likeness (QED) is 0.839. The number of likely N-dealkylation sites (tertiary alicyclic amines) is 1. The number of rotatable bonds is 2. The second-order valence-corrected chi connectivity index (χ2v) is 7.83.